The van der Waals surface area contributed by atoms with Gasteiger partial charge in [-0.3, -0.25) is 9.79 Å². The van der Waals surface area contributed by atoms with Gasteiger partial charge in [-0.25, -0.2) is 9.97 Å². The van der Waals surface area contributed by atoms with Gasteiger partial charge in [-0.15, -0.1) is 0 Å². The zero-order valence-corrected chi connectivity index (χ0v) is 16.9. The monoisotopic (exact) mass is 387 g/mol. The van der Waals surface area contributed by atoms with Crippen LogP contribution in [0.1, 0.15) is 45.4 Å². The number of rotatable bonds is 6. The van der Waals surface area contributed by atoms with Crippen molar-refractivity contribution in [2.24, 2.45) is 4.99 Å². The van der Waals surface area contributed by atoms with Crippen LogP contribution in [0.3, 0.4) is 0 Å². The molecule has 0 aromatic carbocycles. The van der Waals surface area contributed by atoms with Crippen LogP contribution >= 0.6 is 0 Å². The van der Waals surface area contributed by atoms with Crippen LogP contribution in [-0.4, -0.2) is 72.0 Å². The van der Waals surface area contributed by atoms with Crippen molar-refractivity contribution in [1.29, 1.82) is 0 Å². The maximum absolute atomic E-state index is 12.5. The van der Waals surface area contributed by atoms with Gasteiger partial charge >= 0.3 is 0 Å². The van der Waals surface area contributed by atoms with Crippen molar-refractivity contribution in [3.05, 3.63) is 18.5 Å². The second kappa shape index (κ2) is 10.8. The van der Waals surface area contributed by atoms with E-state index in [1.54, 1.807) is 12.4 Å². The summed E-state index contributed by atoms with van der Waals surface area (Å²) in [6.45, 7) is 6.37. The summed E-state index contributed by atoms with van der Waals surface area (Å²) in [6.07, 6.45) is 10.3. The number of piperazine rings is 1. The molecule has 1 amide bonds. The molecular formula is C20H33N7O. The topological polar surface area (TPSA) is 85.8 Å². The Balaban J connectivity index is 1.42. The molecule has 2 aliphatic rings. The summed E-state index contributed by atoms with van der Waals surface area (Å²) in [7, 11) is 0. The van der Waals surface area contributed by atoms with Gasteiger partial charge < -0.3 is 20.4 Å². The summed E-state index contributed by atoms with van der Waals surface area (Å²) in [6, 6.07) is 2.32. The molecule has 0 spiro atoms. The minimum absolute atomic E-state index is 0.172. The van der Waals surface area contributed by atoms with Gasteiger partial charge in [-0.1, -0.05) is 19.3 Å². The van der Waals surface area contributed by atoms with Crippen molar-refractivity contribution in [2.75, 3.05) is 44.2 Å². The fourth-order valence-electron chi connectivity index (χ4n) is 3.79. The molecule has 0 radical (unpaired) electrons. The van der Waals surface area contributed by atoms with E-state index in [1.165, 1.54) is 32.1 Å². The lowest BCUT2D eigenvalue weighted by Crippen LogP contribution is -2.49. The number of nitrogens with one attached hydrogen (secondary N) is 2. The highest BCUT2D eigenvalue weighted by Crippen LogP contribution is 2.17. The maximum atomic E-state index is 12.5. The van der Waals surface area contributed by atoms with Gasteiger partial charge in [0.1, 0.15) is 0 Å². The second-order valence-corrected chi connectivity index (χ2v) is 7.41. The van der Waals surface area contributed by atoms with E-state index in [9.17, 15) is 4.79 Å². The molecule has 8 heteroatoms. The van der Waals surface area contributed by atoms with Gasteiger partial charge in [0.05, 0.1) is 6.54 Å². The molecule has 0 unspecified atom stereocenters. The van der Waals surface area contributed by atoms with Crippen molar-refractivity contribution in [3.8, 4) is 0 Å². The summed E-state index contributed by atoms with van der Waals surface area (Å²) < 4.78 is 0. The first-order chi connectivity index (χ1) is 13.8. The van der Waals surface area contributed by atoms with E-state index in [0.717, 1.165) is 31.5 Å². The lowest BCUT2D eigenvalue weighted by molar-refractivity contribution is -0.131. The molecule has 8 nitrogen and oxygen atoms in total. The second-order valence-electron chi connectivity index (χ2n) is 7.41. The van der Waals surface area contributed by atoms with E-state index >= 15 is 0 Å². The first kappa shape index (κ1) is 20.4. The Morgan fingerprint density at radius 1 is 1.14 bits per heavy atom. The molecular weight excluding hydrogens is 354 g/mol. The molecule has 1 aromatic rings. The predicted octanol–water partition coefficient (Wildman–Crippen LogP) is 1.40. The largest absolute Gasteiger partial charge is 0.357 e. The van der Waals surface area contributed by atoms with Crippen molar-refractivity contribution in [3.63, 3.8) is 0 Å². The third-order valence-corrected chi connectivity index (χ3v) is 5.35. The Bertz CT molecular complexity index is 623. The van der Waals surface area contributed by atoms with Crippen LogP contribution in [-0.2, 0) is 4.79 Å². The fraction of sp³-hybridized carbons (Fsp3) is 0.700. The maximum Gasteiger partial charge on any atom is 0.225 e. The lowest BCUT2D eigenvalue weighted by atomic mass is 9.96. The number of hydrogen-bond acceptors (Lipinski definition) is 5. The molecule has 0 bridgehead atoms. The van der Waals surface area contributed by atoms with Crippen LogP contribution in [0.15, 0.2) is 23.5 Å². The van der Waals surface area contributed by atoms with Gasteiger partial charge in [-0.2, -0.15) is 0 Å². The van der Waals surface area contributed by atoms with Crippen molar-refractivity contribution >= 4 is 17.8 Å². The van der Waals surface area contributed by atoms with Crippen molar-refractivity contribution in [2.45, 2.75) is 51.5 Å². The lowest BCUT2D eigenvalue weighted by Gasteiger charge is -2.34. The normalized spacial score (nSPS) is 18.8. The molecule has 2 heterocycles. The number of carbonyl (C=O) groups excluding carboxylic acids is 1. The highest BCUT2D eigenvalue weighted by Gasteiger charge is 2.22. The average molecular weight is 388 g/mol. The Morgan fingerprint density at radius 2 is 1.86 bits per heavy atom. The number of aliphatic imine (C=N–C) groups is 1. The number of amides is 1. The van der Waals surface area contributed by atoms with E-state index in [-0.39, 0.29) is 5.91 Å². The summed E-state index contributed by atoms with van der Waals surface area (Å²) in [5.41, 5.74) is 0. The Hall–Kier alpha value is -2.38. The number of aromatic nitrogens is 2. The number of nitrogens with zero attached hydrogens (tertiary/aromatic N) is 5. The Morgan fingerprint density at radius 3 is 2.54 bits per heavy atom. The van der Waals surface area contributed by atoms with Crippen LogP contribution in [0.5, 0.6) is 0 Å². The van der Waals surface area contributed by atoms with Crippen molar-refractivity contribution < 1.29 is 4.79 Å². The SMILES string of the molecule is CCNC(=NCCC(=O)N1CCN(c2ncccn2)CC1)NC1CCCCC1. The van der Waals surface area contributed by atoms with Crippen LogP contribution in [0, 0.1) is 0 Å². The predicted molar refractivity (Wildman–Crippen MR) is 111 cm³/mol. The van der Waals surface area contributed by atoms with Gasteiger partial charge in [0, 0.05) is 57.6 Å². The molecule has 1 aliphatic carbocycles. The van der Waals surface area contributed by atoms with Crippen LogP contribution in [0.4, 0.5) is 5.95 Å². The first-order valence-corrected chi connectivity index (χ1v) is 10.6. The van der Waals surface area contributed by atoms with Gasteiger partial charge in [0.25, 0.3) is 0 Å². The van der Waals surface area contributed by atoms with E-state index < -0.39 is 0 Å². The third-order valence-electron chi connectivity index (χ3n) is 5.35. The summed E-state index contributed by atoms with van der Waals surface area (Å²) >= 11 is 0. The molecule has 28 heavy (non-hydrogen) atoms. The first-order valence-electron chi connectivity index (χ1n) is 10.6. The van der Waals surface area contributed by atoms with E-state index in [0.29, 0.717) is 32.1 Å². The van der Waals surface area contributed by atoms with Crippen LogP contribution in [0.2, 0.25) is 0 Å². The number of hydrogen-bond donors (Lipinski definition) is 2. The molecule has 1 saturated heterocycles. The quantitative estimate of drug-likeness (QED) is 0.567. The fourth-order valence-corrected chi connectivity index (χ4v) is 3.79. The summed E-state index contributed by atoms with van der Waals surface area (Å²) in [4.78, 5) is 29.8. The van der Waals surface area contributed by atoms with Crippen LogP contribution in [0.25, 0.3) is 0 Å². The zero-order valence-electron chi connectivity index (χ0n) is 16.9. The number of guanidine groups is 1. The highest BCUT2D eigenvalue weighted by molar-refractivity contribution is 5.81. The van der Waals surface area contributed by atoms with Gasteiger partial charge in [0.2, 0.25) is 11.9 Å². The van der Waals surface area contributed by atoms with Gasteiger partial charge in [-0.05, 0) is 25.8 Å². The van der Waals surface area contributed by atoms with Crippen molar-refractivity contribution in [1.82, 2.24) is 25.5 Å². The molecule has 1 aliphatic heterocycles. The number of anilines is 1. The molecule has 1 saturated carbocycles. The molecule has 2 fully saturated rings. The summed E-state index contributed by atoms with van der Waals surface area (Å²) in [5.74, 6) is 1.75. The molecule has 3 rings (SSSR count). The third kappa shape index (κ3) is 6.07. The standard InChI is InChI=1S/C20H33N7O/c1-2-21-19(25-17-7-4-3-5-8-17)22-12-9-18(28)26-13-15-27(16-14-26)20-23-10-6-11-24-20/h6,10-11,17H,2-5,7-9,12-16H2,1H3,(H2,21,22,25). The zero-order chi connectivity index (χ0) is 19.6. The minimum atomic E-state index is 0.172. The summed E-state index contributed by atoms with van der Waals surface area (Å²) in [5, 5.41) is 6.83. The van der Waals surface area contributed by atoms with Crippen LogP contribution < -0.4 is 15.5 Å². The molecule has 154 valence electrons. The molecule has 2 N–H and O–H groups in total. The Labute approximate surface area is 167 Å². The number of carbonyl (C=O) groups is 1. The molecule has 1 aromatic heterocycles. The van der Waals surface area contributed by atoms with E-state index in [2.05, 4.69) is 37.4 Å². The van der Waals surface area contributed by atoms with E-state index in [4.69, 9.17) is 0 Å². The average Bonchev–Trinajstić information content (AvgIpc) is 2.75. The molecule has 0 atom stereocenters. The Kier molecular flexibility index (Phi) is 7.87. The smallest absolute Gasteiger partial charge is 0.225 e. The van der Waals surface area contributed by atoms with Gasteiger partial charge in [0.15, 0.2) is 5.96 Å². The highest BCUT2D eigenvalue weighted by atomic mass is 16.2. The minimum Gasteiger partial charge on any atom is -0.357 e. The van der Waals surface area contributed by atoms with E-state index in [1.807, 2.05) is 11.0 Å².